The van der Waals surface area contributed by atoms with Gasteiger partial charge in [-0.15, -0.1) is 0 Å². The van der Waals surface area contributed by atoms with E-state index in [1.165, 1.54) is 77.3 Å². The largest absolute Gasteiger partial charge is 0.298 e. The van der Waals surface area contributed by atoms with E-state index in [1.807, 2.05) is 0 Å². The van der Waals surface area contributed by atoms with Crippen LogP contribution >= 0.6 is 0 Å². The molecule has 1 rings (SSSR count). The fourth-order valence-corrected chi connectivity index (χ4v) is 3.21. The van der Waals surface area contributed by atoms with Crippen molar-refractivity contribution in [2.24, 2.45) is 0 Å². The van der Waals surface area contributed by atoms with E-state index in [1.54, 1.807) is 0 Å². The highest BCUT2D eigenvalue weighted by Crippen LogP contribution is 2.31. The summed E-state index contributed by atoms with van der Waals surface area (Å²) in [5.74, 6) is 0. The monoisotopic (exact) mass is 239 g/mol. The van der Waals surface area contributed by atoms with Crippen molar-refractivity contribution in [2.45, 2.75) is 90.5 Å². The van der Waals surface area contributed by atoms with E-state index < -0.39 is 0 Å². The first kappa shape index (κ1) is 15.0. The summed E-state index contributed by atoms with van der Waals surface area (Å²) >= 11 is 0. The van der Waals surface area contributed by atoms with Crippen LogP contribution in [0.15, 0.2) is 0 Å². The third kappa shape index (κ3) is 4.99. The SMILES string of the molecule is CCCCCC(C)(CCCCC)N1CCCC1. The predicted octanol–water partition coefficient (Wildman–Crippen LogP) is 5.00. The summed E-state index contributed by atoms with van der Waals surface area (Å²) in [5.41, 5.74) is 0.515. The molecule has 0 saturated carbocycles. The van der Waals surface area contributed by atoms with Gasteiger partial charge in [-0.25, -0.2) is 0 Å². The van der Waals surface area contributed by atoms with Gasteiger partial charge in [0.2, 0.25) is 0 Å². The molecule has 0 aromatic rings. The molecule has 0 radical (unpaired) electrons. The van der Waals surface area contributed by atoms with E-state index in [0.29, 0.717) is 5.54 Å². The summed E-state index contributed by atoms with van der Waals surface area (Å²) in [7, 11) is 0. The second-order valence-corrected chi connectivity index (χ2v) is 6.11. The van der Waals surface area contributed by atoms with Crippen LogP contribution < -0.4 is 0 Å². The Morgan fingerprint density at radius 3 is 1.71 bits per heavy atom. The van der Waals surface area contributed by atoms with Crippen LogP contribution in [-0.2, 0) is 0 Å². The molecule has 1 heteroatoms. The quantitative estimate of drug-likeness (QED) is 0.512. The second kappa shape index (κ2) is 8.13. The highest BCUT2D eigenvalue weighted by molar-refractivity contribution is 4.88. The normalized spacial score (nSPS) is 17.8. The number of nitrogens with zero attached hydrogens (tertiary/aromatic N) is 1. The highest BCUT2D eigenvalue weighted by atomic mass is 15.2. The zero-order valence-corrected chi connectivity index (χ0v) is 12.4. The lowest BCUT2D eigenvalue weighted by Crippen LogP contribution is -2.44. The molecule has 0 bridgehead atoms. The molecular weight excluding hydrogens is 206 g/mol. The topological polar surface area (TPSA) is 3.24 Å². The van der Waals surface area contributed by atoms with Crippen LogP contribution in [0.2, 0.25) is 0 Å². The number of hydrogen-bond donors (Lipinski definition) is 0. The van der Waals surface area contributed by atoms with Gasteiger partial charge < -0.3 is 0 Å². The standard InChI is InChI=1S/C16H33N/c1-4-6-8-12-16(3,13-9-7-5-2)17-14-10-11-15-17/h4-15H2,1-3H3. The smallest absolute Gasteiger partial charge is 0.0181 e. The lowest BCUT2D eigenvalue weighted by molar-refractivity contribution is 0.108. The summed E-state index contributed by atoms with van der Waals surface area (Å²) in [4.78, 5) is 2.79. The van der Waals surface area contributed by atoms with Crippen molar-refractivity contribution in [3.05, 3.63) is 0 Å². The molecule has 0 atom stereocenters. The van der Waals surface area contributed by atoms with Gasteiger partial charge in [-0.1, -0.05) is 52.4 Å². The molecule has 0 N–H and O–H groups in total. The number of unbranched alkanes of at least 4 members (excludes halogenated alkanes) is 4. The average Bonchev–Trinajstić information content (AvgIpc) is 2.84. The number of likely N-dealkylation sites (tertiary alicyclic amines) is 1. The average molecular weight is 239 g/mol. The van der Waals surface area contributed by atoms with E-state index in [0.717, 1.165) is 0 Å². The highest BCUT2D eigenvalue weighted by Gasteiger charge is 2.32. The lowest BCUT2D eigenvalue weighted by atomic mass is 9.87. The van der Waals surface area contributed by atoms with Gasteiger partial charge in [-0.3, -0.25) is 4.90 Å². The minimum Gasteiger partial charge on any atom is -0.298 e. The van der Waals surface area contributed by atoms with Crippen molar-refractivity contribution in [3.63, 3.8) is 0 Å². The molecule has 1 aliphatic rings. The van der Waals surface area contributed by atoms with E-state index in [4.69, 9.17) is 0 Å². The van der Waals surface area contributed by atoms with Crippen LogP contribution in [0.3, 0.4) is 0 Å². The molecule has 0 aromatic carbocycles. The Kier molecular flexibility index (Phi) is 7.18. The third-order valence-corrected chi connectivity index (χ3v) is 4.51. The summed E-state index contributed by atoms with van der Waals surface area (Å²) in [6.45, 7) is 9.86. The number of rotatable bonds is 9. The van der Waals surface area contributed by atoms with Gasteiger partial charge in [0, 0.05) is 5.54 Å². The fourth-order valence-electron chi connectivity index (χ4n) is 3.21. The Morgan fingerprint density at radius 2 is 1.29 bits per heavy atom. The Bertz CT molecular complexity index is 172. The second-order valence-electron chi connectivity index (χ2n) is 6.11. The Balaban J connectivity index is 2.42. The molecule has 17 heavy (non-hydrogen) atoms. The van der Waals surface area contributed by atoms with Crippen molar-refractivity contribution in [1.29, 1.82) is 0 Å². The molecular formula is C16H33N. The Morgan fingerprint density at radius 1 is 0.824 bits per heavy atom. The van der Waals surface area contributed by atoms with Crippen LogP contribution in [0.1, 0.15) is 85.0 Å². The van der Waals surface area contributed by atoms with Crippen molar-refractivity contribution < 1.29 is 0 Å². The first-order valence-electron chi connectivity index (χ1n) is 7.98. The van der Waals surface area contributed by atoms with Crippen LogP contribution in [0.25, 0.3) is 0 Å². The zero-order chi connectivity index (χ0) is 12.6. The maximum absolute atomic E-state index is 2.79. The summed E-state index contributed by atoms with van der Waals surface area (Å²) < 4.78 is 0. The molecule has 1 aliphatic heterocycles. The molecule has 1 heterocycles. The van der Waals surface area contributed by atoms with Gasteiger partial charge in [0.1, 0.15) is 0 Å². The first-order chi connectivity index (χ1) is 8.23. The maximum atomic E-state index is 2.79. The minimum absolute atomic E-state index is 0.515. The summed E-state index contributed by atoms with van der Waals surface area (Å²) in [5, 5.41) is 0. The third-order valence-electron chi connectivity index (χ3n) is 4.51. The van der Waals surface area contributed by atoms with E-state index in [2.05, 4.69) is 25.7 Å². The van der Waals surface area contributed by atoms with E-state index in [-0.39, 0.29) is 0 Å². The predicted molar refractivity (Wildman–Crippen MR) is 77.5 cm³/mol. The van der Waals surface area contributed by atoms with Crippen molar-refractivity contribution in [2.75, 3.05) is 13.1 Å². The maximum Gasteiger partial charge on any atom is 0.0181 e. The molecule has 1 fully saturated rings. The molecule has 0 amide bonds. The van der Waals surface area contributed by atoms with E-state index >= 15 is 0 Å². The minimum atomic E-state index is 0.515. The van der Waals surface area contributed by atoms with Gasteiger partial charge in [-0.05, 0) is 45.7 Å². The Hall–Kier alpha value is -0.0400. The lowest BCUT2D eigenvalue weighted by Gasteiger charge is -2.39. The van der Waals surface area contributed by atoms with Crippen molar-refractivity contribution >= 4 is 0 Å². The van der Waals surface area contributed by atoms with Gasteiger partial charge in [-0.2, -0.15) is 0 Å². The van der Waals surface area contributed by atoms with E-state index in [9.17, 15) is 0 Å². The van der Waals surface area contributed by atoms with Crippen LogP contribution in [-0.4, -0.2) is 23.5 Å². The Labute approximate surface area is 109 Å². The van der Waals surface area contributed by atoms with Crippen molar-refractivity contribution in [3.8, 4) is 0 Å². The zero-order valence-electron chi connectivity index (χ0n) is 12.4. The first-order valence-corrected chi connectivity index (χ1v) is 7.98. The molecule has 0 aliphatic carbocycles. The fraction of sp³-hybridized carbons (Fsp3) is 1.00. The van der Waals surface area contributed by atoms with Gasteiger partial charge >= 0.3 is 0 Å². The molecule has 1 nitrogen and oxygen atoms in total. The van der Waals surface area contributed by atoms with Crippen LogP contribution in [0.4, 0.5) is 0 Å². The molecule has 102 valence electrons. The molecule has 0 aromatic heterocycles. The summed E-state index contributed by atoms with van der Waals surface area (Å²) in [6, 6.07) is 0. The molecule has 1 saturated heterocycles. The van der Waals surface area contributed by atoms with Gasteiger partial charge in [0.05, 0.1) is 0 Å². The van der Waals surface area contributed by atoms with Gasteiger partial charge in [0.25, 0.3) is 0 Å². The van der Waals surface area contributed by atoms with Crippen LogP contribution in [0.5, 0.6) is 0 Å². The molecule has 0 spiro atoms. The molecule has 0 unspecified atom stereocenters. The van der Waals surface area contributed by atoms with Crippen molar-refractivity contribution in [1.82, 2.24) is 4.90 Å². The van der Waals surface area contributed by atoms with Crippen LogP contribution in [0, 0.1) is 0 Å². The summed E-state index contributed by atoms with van der Waals surface area (Å²) in [6.07, 6.45) is 14.1. The van der Waals surface area contributed by atoms with Gasteiger partial charge in [0.15, 0.2) is 0 Å². The number of hydrogen-bond acceptors (Lipinski definition) is 1.